The third-order valence-corrected chi connectivity index (χ3v) is 2.70. The first kappa shape index (κ1) is 19.8. The average Bonchev–Trinajstić information content (AvgIpc) is 2.46. The van der Waals surface area contributed by atoms with Gasteiger partial charge in [-0.1, -0.05) is 40.0 Å². The summed E-state index contributed by atoms with van der Waals surface area (Å²) in [6.07, 6.45) is 4.37. The van der Waals surface area contributed by atoms with Crippen molar-refractivity contribution in [3.05, 3.63) is 0 Å². The van der Waals surface area contributed by atoms with Gasteiger partial charge in [-0.15, -0.1) is 0 Å². The second kappa shape index (κ2) is 13.8. The molecular weight excluding hydrogens is 260 g/mol. The molecule has 0 aromatic heterocycles. The molecule has 0 aliphatic heterocycles. The Bertz CT molecular complexity index is 172. The van der Waals surface area contributed by atoms with Crippen LogP contribution in [0.2, 0.25) is 0 Å². The SMILES string of the molecule is CCCCOC(OCCO)(OCCCC)OCCCC. The van der Waals surface area contributed by atoms with Gasteiger partial charge in [0.05, 0.1) is 33.0 Å². The Morgan fingerprint density at radius 1 is 0.650 bits per heavy atom. The third kappa shape index (κ3) is 9.66. The lowest BCUT2D eigenvalue weighted by Gasteiger charge is -2.32. The summed E-state index contributed by atoms with van der Waals surface area (Å²) in [6.45, 7) is 7.86. The largest absolute Gasteiger partial charge is 0.412 e. The number of aliphatic hydroxyl groups is 1. The van der Waals surface area contributed by atoms with Crippen molar-refractivity contribution >= 4 is 0 Å². The summed E-state index contributed by atoms with van der Waals surface area (Å²) in [6, 6.07) is 0. The first-order valence-corrected chi connectivity index (χ1v) is 7.91. The number of aliphatic hydroxyl groups excluding tert-OH is 1. The van der Waals surface area contributed by atoms with Gasteiger partial charge in [0.1, 0.15) is 0 Å². The maximum Gasteiger partial charge on any atom is 0.412 e. The second-order valence-corrected chi connectivity index (χ2v) is 4.68. The van der Waals surface area contributed by atoms with Crippen LogP contribution in [0.4, 0.5) is 0 Å². The second-order valence-electron chi connectivity index (χ2n) is 4.68. The van der Waals surface area contributed by atoms with Gasteiger partial charge in [-0.2, -0.15) is 0 Å². The minimum absolute atomic E-state index is 0.0901. The zero-order chi connectivity index (χ0) is 15.1. The molecule has 0 saturated carbocycles. The van der Waals surface area contributed by atoms with E-state index >= 15 is 0 Å². The van der Waals surface area contributed by atoms with Crippen molar-refractivity contribution in [1.29, 1.82) is 0 Å². The Morgan fingerprint density at radius 3 is 1.30 bits per heavy atom. The first-order chi connectivity index (χ1) is 9.74. The van der Waals surface area contributed by atoms with E-state index in [1.807, 2.05) is 0 Å². The van der Waals surface area contributed by atoms with E-state index in [1.54, 1.807) is 0 Å². The number of unbranched alkanes of at least 4 members (excludes halogenated alkanes) is 3. The molecular formula is C15H32O5. The fourth-order valence-corrected chi connectivity index (χ4v) is 1.45. The van der Waals surface area contributed by atoms with Crippen LogP contribution in [0.15, 0.2) is 0 Å². The van der Waals surface area contributed by atoms with Crippen molar-refractivity contribution in [3.8, 4) is 0 Å². The predicted molar refractivity (Wildman–Crippen MR) is 78.3 cm³/mol. The van der Waals surface area contributed by atoms with Gasteiger partial charge in [0.2, 0.25) is 0 Å². The van der Waals surface area contributed by atoms with Gasteiger partial charge in [-0.3, -0.25) is 0 Å². The molecule has 0 heterocycles. The van der Waals surface area contributed by atoms with Crippen molar-refractivity contribution in [2.24, 2.45) is 0 Å². The fourth-order valence-electron chi connectivity index (χ4n) is 1.45. The summed E-state index contributed by atoms with van der Waals surface area (Å²) in [5.74, 6) is 0. The predicted octanol–water partition coefficient (Wildman–Crippen LogP) is 3.06. The molecule has 0 aliphatic rings. The normalized spacial score (nSPS) is 12.0. The van der Waals surface area contributed by atoms with Crippen molar-refractivity contribution in [2.45, 2.75) is 65.5 Å². The number of rotatable bonds is 15. The van der Waals surface area contributed by atoms with Crippen LogP contribution < -0.4 is 0 Å². The molecule has 5 nitrogen and oxygen atoms in total. The van der Waals surface area contributed by atoms with Crippen molar-refractivity contribution < 1.29 is 24.1 Å². The van der Waals surface area contributed by atoms with E-state index in [4.69, 9.17) is 24.1 Å². The molecule has 0 unspecified atom stereocenters. The van der Waals surface area contributed by atoms with Gasteiger partial charge in [-0.05, 0) is 19.3 Å². The molecule has 0 aromatic rings. The average molecular weight is 292 g/mol. The van der Waals surface area contributed by atoms with Crippen LogP contribution in [0.3, 0.4) is 0 Å². The molecule has 0 radical (unpaired) electrons. The Kier molecular flexibility index (Phi) is 13.6. The van der Waals surface area contributed by atoms with E-state index in [0.29, 0.717) is 19.8 Å². The van der Waals surface area contributed by atoms with Crippen molar-refractivity contribution in [3.63, 3.8) is 0 Å². The molecule has 0 rings (SSSR count). The van der Waals surface area contributed by atoms with Gasteiger partial charge in [0.25, 0.3) is 0 Å². The maximum atomic E-state index is 8.95. The standard InChI is InChI=1S/C15H32O5/c1-4-7-11-17-15(20-14-10-16,18-12-8-5-2)19-13-9-6-3/h16H,4-14H2,1-3H3. The van der Waals surface area contributed by atoms with Gasteiger partial charge < -0.3 is 24.1 Å². The van der Waals surface area contributed by atoms with Crippen LogP contribution in [-0.4, -0.2) is 44.3 Å². The zero-order valence-corrected chi connectivity index (χ0v) is 13.4. The van der Waals surface area contributed by atoms with Crippen LogP contribution in [0.1, 0.15) is 59.3 Å². The minimum atomic E-state index is -1.46. The highest BCUT2D eigenvalue weighted by Gasteiger charge is 2.35. The van der Waals surface area contributed by atoms with E-state index in [2.05, 4.69) is 20.8 Å². The smallest absolute Gasteiger partial charge is 0.394 e. The van der Waals surface area contributed by atoms with E-state index < -0.39 is 6.16 Å². The molecule has 0 amide bonds. The molecule has 0 aliphatic carbocycles. The van der Waals surface area contributed by atoms with E-state index in [1.165, 1.54) is 0 Å². The molecule has 20 heavy (non-hydrogen) atoms. The summed E-state index contributed by atoms with van der Waals surface area (Å²) in [7, 11) is 0. The monoisotopic (exact) mass is 292 g/mol. The Balaban J connectivity index is 4.48. The molecule has 0 atom stereocenters. The third-order valence-electron chi connectivity index (χ3n) is 2.70. The molecule has 0 saturated heterocycles. The van der Waals surface area contributed by atoms with Crippen molar-refractivity contribution in [1.82, 2.24) is 0 Å². The van der Waals surface area contributed by atoms with E-state index in [-0.39, 0.29) is 13.2 Å². The quantitative estimate of drug-likeness (QED) is 0.371. The molecule has 0 spiro atoms. The lowest BCUT2D eigenvalue weighted by molar-refractivity contribution is -0.500. The van der Waals surface area contributed by atoms with Gasteiger partial charge >= 0.3 is 6.16 Å². The Hall–Kier alpha value is -0.200. The summed E-state index contributed by atoms with van der Waals surface area (Å²) in [4.78, 5) is 0. The molecule has 0 aromatic carbocycles. The lowest BCUT2D eigenvalue weighted by atomic mass is 10.3. The summed E-state index contributed by atoms with van der Waals surface area (Å²) in [5.41, 5.74) is 0. The number of hydrogen-bond donors (Lipinski definition) is 1. The van der Waals surface area contributed by atoms with Crippen LogP contribution in [0.25, 0.3) is 0 Å². The van der Waals surface area contributed by atoms with Crippen LogP contribution in [-0.2, 0) is 18.9 Å². The van der Waals surface area contributed by atoms with Gasteiger partial charge in [0, 0.05) is 0 Å². The molecule has 5 heteroatoms. The molecule has 1 N–H and O–H groups in total. The topological polar surface area (TPSA) is 57.2 Å². The summed E-state index contributed by atoms with van der Waals surface area (Å²) < 4.78 is 22.6. The highest BCUT2D eigenvalue weighted by atomic mass is 17.0. The van der Waals surface area contributed by atoms with Gasteiger partial charge in [-0.25, -0.2) is 0 Å². The lowest BCUT2D eigenvalue weighted by Crippen LogP contribution is -2.44. The molecule has 0 bridgehead atoms. The van der Waals surface area contributed by atoms with Crippen molar-refractivity contribution in [2.75, 3.05) is 33.0 Å². The fraction of sp³-hybridized carbons (Fsp3) is 1.00. The minimum Gasteiger partial charge on any atom is -0.394 e. The summed E-state index contributed by atoms with van der Waals surface area (Å²) >= 11 is 0. The summed E-state index contributed by atoms with van der Waals surface area (Å²) in [5, 5.41) is 8.95. The van der Waals surface area contributed by atoms with Crippen LogP contribution in [0.5, 0.6) is 0 Å². The highest BCUT2D eigenvalue weighted by Crippen LogP contribution is 2.20. The van der Waals surface area contributed by atoms with E-state index in [0.717, 1.165) is 38.5 Å². The number of hydrogen-bond acceptors (Lipinski definition) is 5. The van der Waals surface area contributed by atoms with Gasteiger partial charge in [0.15, 0.2) is 0 Å². The first-order valence-electron chi connectivity index (χ1n) is 7.91. The highest BCUT2D eigenvalue weighted by molar-refractivity contribution is 4.47. The maximum absolute atomic E-state index is 8.95. The number of ether oxygens (including phenoxy) is 4. The van der Waals surface area contributed by atoms with E-state index in [9.17, 15) is 0 Å². The zero-order valence-electron chi connectivity index (χ0n) is 13.4. The van der Waals surface area contributed by atoms with Crippen LogP contribution in [0, 0.1) is 0 Å². The van der Waals surface area contributed by atoms with Crippen LogP contribution >= 0.6 is 0 Å². The Labute approximate surface area is 123 Å². The molecule has 122 valence electrons. The molecule has 0 fully saturated rings. The Morgan fingerprint density at radius 2 is 1.00 bits per heavy atom.